The number of nitrogens with one attached hydrogen (secondary N) is 1. The van der Waals surface area contributed by atoms with Crippen molar-refractivity contribution in [3.05, 3.63) is 63.5 Å². The molecule has 112 valence electrons. The summed E-state index contributed by atoms with van der Waals surface area (Å²) in [6, 6.07) is 9.91. The fourth-order valence-electron chi connectivity index (χ4n) is 1.91. The largest absolute Gasteiger partial charge is 0.431 e. The lowest BCUT2D eigenvalue weighted by Crippen LogP contribution is -2.29. The quantitative estimate of drug-likeness (QED) is 0.934. The molecule has 21 heavy (non-hydrogen) atoms. The van der Waals surface area contributed by atoms with E-state index in [-0.39, 0.29) is 13.1 Å². The zero-order valence-electron chi connectivity index (χ0n) is 10.8. The number of hydrogen-bond acceptors (Lipinski definition) is 2. The van der Waals surface area contributed by atoms with E-state index in [1.165, 1.54) is 0 Å². The van der Waals surface area contributed by atoms with E-state index >= 15 is 0 Å². The van der Waals surface area contributed by atoms with Crippen LogP contribution >= 0.6 is 11.6 Å². The van der Waals surface area contributed by atoms with Crippen LogP contribution < -0.4 is 10.9 Å². The van der Waals surface area contributed by atoms with Gasteiger partial charge in [-0.1, -0.05) is 23.7 Å². The Bertz CT molecular complexity index is 682. The third-order valence-corrected chi connectivity index (χ3v) is 3.06. The van der Waals surface area contributed by atoms with Crippen LogP contribution in [0.5, 0.6) is 0 Å². The number of aromatic nitrogens is 1. The summed E-state index contributed by atoms with van der Waals surface area (Å²) in [5, 5.41) is 3.45. The summed E-state index contributed by atoms with van der Waals surface area (Å²) in [5.74, 6) is 0. The Labute approximate surface area is 124 Å². The van der Waals surface area contributed by atoms with Gasteiger partial charge < -0.3 is 9.88 Å². The van der Waals surface area contributed by atoms with E-state index in [1.54, 1.807) is 24.3 Å². The van der Waals surface area contributed by atoms with Crippen LogP contribution in [-0.2, 0) is 12.7 Å². The maximum Gasteiger partial charge on any atom is 0.431 e. The van der Waals surface area contributed by atoms with Gasteiger partial charge in [-0.15, -0.1) is 0 Å². The van der Waals surface area contributed by atoms with E-state index in [0.717, 1.165) is 18.2 Å². The fourth-order valence-corrected chi connectivity index (χ4v) is 2.10. The van der Waals surface area contributed by atoms with E-state index in [4.69, 9.17) is 11.6 Å². The van der Waals surface area contributed by atoms with Crippen LogP contribution in [-0.4, -0.2) is 11.1 Å². The molecule has 0 fully saturated rings. The van der Waals surface area contributed by atoms with Crippen molar-refractivity contribution in [2.45, 2.75) is 12.7 Å². The van der Waals surface area contributed by atoms with Gasteiger partial charge in [0, 0.05) is 29.9 Å². The van der Waals surface area contributed by atoms with Crippen LogP contribution in [0.3, 0.4) is 0 Å². The fraction of sp³-hybridized carbons (Fsp3) is 0.214. The Morgan fingerprint density at radius 2 is 1.86 bits per heavy atom. The number of hydrogen-bond donors (Lipinski definition) is 1. The van der Waals surface area contributed by atoms with Crippen molar-refractivity contribution < 1.29 is 13.2 Å². The minimum atomic E-state index is -4.56. The molecule has 0 unspecified atom stereocenters. The van der Waals surface area contributed by atoms with Crippen molar-refractivity contribution in [2.75, 3.05) is 11.9 Å². The predicted molar refractivity (Wildman–Crippen MR) is 75.6 cm³/mol. The lowest BCUT2D eigenvalue weighted by atomic mass is 10.3. The number of nitrogens with zero attached hydrogens (tertiary/aromatic N) is 1. The van der Waals surface area contributed by atoms with Crippen molar-refractivity contribution in [3.8, 4) is 0 Å². The highest BCUT2D eigenvalue weighted by molar-refractivity contribution is 6.30. The molecule has 0 saturated heterocycles. The summed E-state index contributed by atoms with van der Waals surface area (Å²) in [6.45, 7) is 0.0778. The highest BCUT2D eigenvalue weighted by atomic mass is 35.5. The van der Waals surface area contributed by atoms with Gasteiger partial charge in [-0.25, -0.2) is 0 Å². The lowest BCUT2D eigenvalue weighted by molar-refractivity contribution is -0.144. The average Bonchev–Trinajstić information content (AvgIpc) is 2.39. The molecule has 0 radical (unpaired) electrons. The van der Waals surface area contributed by atoms with Gasteiger partial charge in [0.25, 0.3) is 5.56 Å². The van der Waals surface area contributed by atoms with E-state index < -0.39 is 17.4 Å². The van der Waals surface area contributed by atoms with Crippen LogP contribution in [0.1, 0.15) is 5.69 Å². The SMILES string of the molecule is O=c1cccc(C(F)(F)F)n1CCNc1cccc(Cl)c1. The van der Waals surface area contributed by atoms with Crippen LogP contribution in [0.15, 0.2) is 47.3 Å². The minimum Gasteiger partial charge on any atom is -0.383 e. The summed E-state index contributed by atoms with van der Waals surface area (Å²) in [5.41, 5.74) is -0.958. The molecule has 0 aliphatic carbocycles. The Morgan fingerprint density at radius 3 is 2.52 bits per heavy atom. The molecular formula is C14H12ClF3N2O. The Morgan fingerprint density at radius 1 is 1.14 bits per heavy atom. The van der Waals surface area contributed by atoms with E-state index in [1.807, 2.05) is 0 Å². The van der Waals surface area contributed by atoms with Crippen molar-refractivity contribution >= 4 is 17.3 Å². The molecule has 7 heteroatoms. The van der Waals surface area contributed by atoms with Gasteiger partial charge in [0.15, 0.2) is 0 Å². The van der Waals surface area contributed by atoms with Gasteiger partial charge >= 0.3 is 6.18 Å². The van der Waals surface area contributed by atoms with Crippen molar-refractivity contribution in [2.24, 2.45) is 0 Å². The number of rotatable bonds is 4. The molecule has 0 amide bonds. The second kappa shape index (κ2) is 6.22. The monoisotopic (exact) mass is 316 g/mol. The third-order valence-electron chi connectivity index (χ3n) is 2.83. The molecule has 3 nitrogen and oxygen atoms in total. The van der Waals surface area contributed by atoms with Gasteiger partial charge in [-0.05, 0) is 24.3 Å². The first-order chi connectivity index (χ1) is 9.88. The molecule has 0 spiro atoms. The molecule has 0 aliphatic rings. The van der Waals surface area contributed by atoms with Crippen molar-refractivity contribution in [1.29, 1.82) is 0 Å². The molecule has 0 saturated carbocycles. The molecule has 0 atom stereocenters. The summed E-state index contributed by atoms with van der Waals surface area (Å²) in [7, 11) is 0. The number of halogens is 4. The van der Waals surface area contributed by atoms with Gasteiger partial charge in [0.1, 0.15) is 5.69 Å². The topological polar surface area (TPSA) is 34.0 Å². The summed E-state index contributed by atoms with van der Waals surface area (Å²) >= 11 is 5.81. The highest BCUT2D eigenvalue weighted by Gasteiger charge is 2.33. The number of pyridine rings is 1. The molecule has 2 rings (SSSR count). The van der Waals surface area contributed by atoms with Gasteiger partial charge in [0.05, 0.1) is 0 Å². The molecule has 0 aliphatic heterocycles. The summed E-state index contributed by atoms with van der Waals surface area (Å²) in [6.07, 6.45) is -4.56. The molecule has 1 aromatic heterocycles. The highest BCUT2D eigenvalue weighted by Crippen LogP contribution is 2.28. The second-order valence-electron chi connectivity index (χ2n) is 4.34. The van der Waals surface area contributed by atoms with E-state index in [9.17, 15) is 18.0 Å². The molecule has 1 N–H and O–H groups in total. The molecule has 1 heterocycles. The van der Waals surface area contributed by atoms with Crippen LogP contribution in [0, 0.1) is 0 Å². The number of alkyl halides is 3. The predicted octanol–water partition coefficient (Wildman–Crippen LogP) is 3.63. The van der Waals surface area contributed by atoms with Crippen LogP contribution in [0.4, 0.5) is 18.9 Å². The molecular weight excluding hydrogens is 305 g/mol. The van der Waals surface area contributed by atoms with E-state index in [2.05, 4.69) is 5.32 Å². The maximum absolute atomic E-state index is 12.8. The molecule has 2 aromatic rings. The number of benzene rings is 1. The van der Waals surface area contributed by atoms with Crippen molar-refractivity contribution in [3.63, 3.8) is 0 Å². The Kier molecular flexibility index (Phi) is 4.57. The van der Waals surface area contributed by atoms with Crippen molar-refractivity contribution in [1.82, 2.24) is 4.57 Å². The standard InChI is InChI=1S/C14H12ClF3N2O/c15-10-3-1-4-11(9-10)19-7-8-20-12(14(16,17)18)5-2-6-13(20)21/h1-6,9,19H,7-8H2. The average molecular weight is 317 g/mol. The normalized spacial score (nSPS) is 11.4. The van der Waals surface area contributed by atoms with E-state index in [0.29, 0.717) is 15.3 Å². The third kappa shape index (κ3) is 4.01. The maximum atomic E-state index is 12.8. The van der Waals surface area contributed by atoms with Gasteiger partial charge in [0.2, 0.25) is 0 Å². The first-order valence-electron chi connectivity index (χ1n) is 6.14. The molecule has 1 aromatic carbocycles. The summed E-state index contributed by atoms with van der Waals surface area (Å²) < 4.78 is 39.2. The molecule has 0 bridgehead atoms. The lowest BCUT2D eigenvalue weighted by Gasteiger charge is -2.15. The first kappa shape index (κ1) is 15.4. The smallest absolute Gasteiger partial charge is 0.383 e. The number of anilines is 1. The van der Waals surface area contributed by atoms with Crippen LogP contribution in [0.2, 0.25) is 5.02 Å². The summed E-state index contributed by atoms with van der Waals surface area (Å²) in [4.78, 5) is 11.6. The second-order valence-corrected chi connectivity index (χ2v) is 4.77. The zero-order valence-corrected chi connectivity index (χ0v) is 11.6. The Balaban J connectivity index is 2.12. The van der Waals surface area contributed by atoms with Crippen LogP contribution in [0.25, 0.3) is 0 Å². The first-order valence-corrected chi connectivity index (χ1v) is 6.52. The minimum absolute atomic E-state index is 0.0962. The zero-order chi connectivity index (χ0) is 15.5. The van der Waals surface area contributed by atoms with Gasteiger partial charge in [-0.3, -0.25) is 4.79 Å². The van der Waals surface area contributed by atoms with Gasteiger partial charge in [-0.2, -0.15) is 13.2 Å². The Hall–Kier alpha value is -1.95.